The van der Waals surface area contributed by atoms with Crippen molar-refractivity contribution in [3.8, 4) is 0 Å². The Balaban J connectivity index is 2.47. The first-order valence-corrected chi connectivity index (χ1v) is 6.81. The first kappa shape index (κ1) is 16.2. The summed E-state index contributed by atoms with van der Waals surface area (Å²) in [6.07, 6.45) is 3.88. The molecule has 1 atom stereocenters. The van der Waals surface area contributed by atoms with Crippen LogP contribution in [0.25, 0.3) is 0 Å². The van der Waals surface area contributed by atoms with E-state index in [0.29, 0.717) is 32.2 Å². The standard InChI is InChI=1S/C14H22N2O4/c1-3-4-7-12(17)15(2)10-13(18)16-8-5-6-11(9-16)14(19)20/h3,11H,1,4-10H2,2H3,(H,19,20). The van der Waals surface area contributed by atoms with Crippen LogP contribution in [0.5, 0.6) is 0 Å². The topological polar surface area (TPSA) is 77.9 Å². The third kappa shape index (κ3) is 4.68. The molecule has 0 aromatic heterocycles. The predicted octanol–water partition coefficient (Wildman–Crippen LogP) is 0.734. The molecule has 0 radical (unpaired) electrons. The van der Waals surface area contributed by atoms with Crippen LogP contribution >= 0.6 is 0 Å². The molecule has 6 heteroatoms. The highest BCUT2D eigenvalue weighted by molar-refractivity contribution is 5.85. The zero-order valence-corrected chi connectivity index (χ0v) is 11.9. The van der Waals surface area contributed by atoms with Gasteiger partial charge in [0.25, 0.3) is 0 Å². The number of allylic oxidation sites excluding steroid dienone is 1. The van der Waals surface area contributed by atoms with Crippen LogP contribution in [0.1, 0.15) is 25.7 Å². The molecule has 1 N–H and O–H groups in total. The Morgan fingerprint density at radius 3 is 2.75 bits per heavy atom. The molecule has 1 unspecified atom stereocenters. The normalized spacial score (nSPS) is 18.4. The molecule has 112 valence electrons. The molecular weight excluding hydrogens is 260 g/mol. The second-order valence-corrected chi connectivity index (χ2v) is 5.09. The number of likely N-dealkylation sites (tertiary alicyclic amines) is 1. The van der Waals surface area contributed by atoms with Crippen LogP contribution in [0, 0.1) is 5.92 Å². The molecule has 20 heavy (non-hydrogen) atoms. The van der Waals surface area contributed by atoms with Gasteiger partial charge in [-0.05, 0) is 19.3 Å². The number of likely N-dealkylation sites (N-methyl/N-ethyl adjacent to an activating group) is 1. The molecule has 1 heterocycles. The van der Waals surface area contributed by atoms with Crippen LogP contribution in [0.15, 0.2) is 12.7 Å². The van der Waals surface area contributed by atoms with Crippen LogP contribution < -0.4 is 0 Å². The van der Waals surface area contributed by atoms with E-state index in [4.69, 9.17) is 5.11 Å². The van der Waals surface area contributed by atoms with E-state index in [1.807, 2.05) is 0 Å². The van der Waals surface area contributed by atoms with E-state index in [1.165, 1.54) is 4.90 Å². The Hall–Kier alpha value is -1.85. The summed E-state index contributed by atoms with van der Waals surface area (Å²) in [7, 11) is 1.59. The zero-order valence-electron chi connectivity index (χ0n) is 11.9. The van der Waals surface area contributed by atoms with E-state index >= 15 is 0 Å². The predicted molar refractivity (Wildman–Crippen MR) is 74.0 cm³/mol. The number of piperidine rings is 1. The monoisotopic (exact) mass is 282 g/mol. The van der Waals surface area contributed by atoms with Crippen molar-refractivity contribution >= 4 is 17.8 Å². The third-order valence-corrected chi connectivity index (χ3v) is 3.48. The smallest absolute Gasteiger partial charge is 0.308 e. The number of aliphatic carboxylic acids is 1. The molecule has 0 bridgehead atoms. The molecule has 1 rings (SSSR count). The summed E-state index contributed by atoms with van der Waals surface area (Å²) < 4.78 is 0. The summed E-state index contributed by atoms with van der Waals surface area (Å²) in [5, 5.41) is 8.99. The van der Waals surface area contributed by atoms with Crippen molar-refractivity contribution in [3.05, 3.63) is 12.7 Å². The van der Waals surface area contributed by atoms with Gasteiger partial charge < -0.3 is 14.9 Å². The molecule has 1 aliphatic rings. The Labute approximate surface area is 119 Å². The highest BCUT2D eigenvalue weighted by Crippen LogP contribution is 2.16. The number of carboxylic acid groups (broad SMARTS) is 1. The van der Waals surface area contributed by atoms with E-state index in [0.717, 1.165) is 0 Å². The average Bonchev–Trinajstić information content (AvgIpc) is 2.44. The number of carboxylic acids is 1. The maximum absolute atomic E-state index is 12.1. The molecule has 6 nitrogen and oxygen atoms in total. The van der Waals surface area contributed by atoms with Gasteiger partial charge >= 0.3 is 5.97 Å². The van der Waals surface area contributed by atoms with Crippen molar-refractivity contribution in [1.82, 2.24) is 9.80 Å². The second-order valence-electron chi connectivity index (χ2n) is 5.09. The summed E-state index contributed by atoms with van der Waals surface area (Å²) in [5.74, 6) is -1.65. The maximum atomic E-state index is 12.1. The molecule has 2 amide bonds. The van der Waals surface area contributed by atoms with E-state index in [9.17, 15) is 14.4 Å². The number of hydrogen-bond acceptors (Lipinski definition) is 3. The summed E-state index contributed by atoms with van der Waals surface area (Å²) >= 11 is 0. The highest BCUT2D eigenvalue weighted by atomic mass is 16.4. The molecule has 0 spiro atoms. The SMILES string of the molecule is C=CCCC(=O)N(C)CC(=O)N1CCCC(C(=O)O)C1. The molecule has 1 aliphatic heterocycles. The van der Waals surface area contributed by atoms with Crippen LogP contribution in [0.3, 0.4) is 0 Å². The Bertz CT molecular complexity index is 395. The van der Waals surface area contributed by atoms with Gasteiger partial charge in [-0.25, -0.2) is 0 Å². The van der Waals surface area contributed by atoms with Gasteiger partial charge in [0, 0.05) is 26.6 Å². The molecule has 0 aliphatic carbocycles. The minimum absolute atomic E-state index is 0.00230. The van der Waals surface area contributed by atoms with Gasteiger partial charge in [0.05, 0.1) is 12.5 Å². The second kappa shape index (κ2) is 7.67. The lowest BCUT2D eigenvalue weighted by molar-refractivity contribution is -0.147. The number of nitrogens with zero attached hydrogens (tertiary/aromatic N) is 2. The van der Waals surface area contributed by atoms with Crippen molar-refractivity contribution in [2.75, 3.05) is 26.7 Å². The van der Waals surface area contributed by atoms with Gasteiger partial charge in [-0.15, -0.1) is 6.58 Å². The summed E-state index contributed by atoms with van der Waals surface area (Å²) in [4.78, 5) is 37.7. The van der Waals surface area contributed by atoms with Gasteiger partial charge in [0.15, 0.2) is 0 Å². The molecule has 1 fully saturated rings. The molecule has 0 aromatic rings. The lowest BCUT2D eigenvalue weighted by Crippen LogP contribution is -2.46. The van der Waals surface area contributed by atoms with Crippen LogP contribution in [-0.2, 0) is 14.4 Å². The number of amides is 2. The van der Waals surface area contributed by atoms with Gasteiger partial charge in [-0.2, -0.15) is 0 Å². The van der Waals surface area contributed by atoms with Gasteiger partial charge in [0.2, 0.25) is 11.8 Å². The van der Waals surface area contributed by atoms with Crippen molar-refractivity contribution in [3.63, 3.8) is 0 Å². The fourth-order valence-corrected chi connectivity index (χ4v) is 2.21. The average molecular weight is 282 g/mol. The quantitative estimate of drug-likeness (QED) is 0.729. The maximum Gasteiger partial charge on any atom is 0.308 e. The van der Waals surface area contributed by atoms with Crippen molar-refractivity contribution in [2.24, 2.45) is 5.92 Å². The fraction of sp³-hybridized carbons (Fsp3) is 0.643. The van der Waals surface area contributed by atoms with E-state index < -0.39 is 11.9 Å². The summed E-state index contributed by atoms with van der Waals surface area (Å²) in [5.41, 5.74) is 0. The van der Waals surface area contributed by atoms with Crippen LogP contribution in [0.4, 0.5) is 0 Å². The summed E-state index contributed by atoms with van der Waals surface area (Å²) in [6.45, 7) is 4.36. The minimum Gasteiger partial charge on any atom is -0.481 e. The van der Waals surface area contributed by atoms with Crippen molar-refractivity contribution in [2.45, 2.75) is 25.7 Å². The lowest BCUT2D eigenvalue weighted by atomic mass is 9.98. The van der Waals surface area contributed by atoms with E-state index in [-0.39, 0.29) is 24.9 Å². The zero-order chi connectivity index (χ0) is 15.1. The number of carbonyl (C=O) groups is 3. The Kier molecular flexibility index (Phi) is 6.21. The highest BCUT2D eigenvalue weighted by Gasteiger charge is 2.28. The molecule has 1 saturated heterocycles. The van der Waals surface area contributed by atoms with E-state index in [2.05, 4.69) is 6.58 Å². The molecular formula is C14H22N2O4. The van der Waals surface area contributed by atoms with Crippen molar-refractivity contribution < 1.29 is 19.5 Å². The number of rotatable bonds is 6. The summed E-state index contributed by atoms with van der Waals surface area (Å²) in [6, 6.07) is 0. The first-order chi connectivity index (χ1) is 9.45. The fourth-order valence-electron chi connectivity index (χ4n) is 2.21. The molecule has 0 saturated carbocycles. The van der Waals surface area contributed by atoms with Crippen molar-refractivity contribution in [1.29, 1.82) is 0 Å². The van der Waals surface area contributed by atoms with Gasteiger partial charge in [-0.1, -0.05) is 6.08 Å². The van der Waals surface area contributed by atoms with Gasteiger partial charge in [0.1, 0.15) is 0 Å². The Morgan fingerprint density at radius 2 is 2.15 bits per heavy atom. The lowest BCUT2D eigenvalue weighted by Gasteiger charge is -2.32. The first-order valence-electron chi connectivity index (χ1n) is 6.81. The molecule has 0 aromatic carbocycles. The largest absolute Gasteiger partial charge is 0.481 e. The van der Waals surface area contributed by atoms with E-state index in [1.54, 1.807) is 18.0 Å². The Morgan fingerprint density at radius 1 is 1.45 bits per heavy atom. The number of carbonyl (C=O) groups excluding carboxylic acids is 2. The minimum atomic E-state index is -0.863. The number of hydrogen-bond donors (Lipinski definition) is 1. The van der Waals surface area contributed by atoms with Gasteiger partial charge in [-0.3, -0.25) is 14.4 Å². The third-order valence-electron chi connectivity index (χ3n) is 3.48. The van der Waals surface area contributed by atoms with Crippen LogP contribution in [0.2, 0.25) is 0 Å². The van der Waals surface area contributed by atoms with Crippen LogP contribution in [-0.4, -0.2) is 59.4 Å².